The summed E-state index contributed by atoms with van der Waals surface area (Å²) in [4.78, 5) is 21.9. The van der Waals surface area contributed by atoms with Crippen LogP contribution in [0.15, 0.2) is 89.2 Å². The summed E-state index contributed by atoms with van der Waals surface area (Å²) in [5.74, 6) is -0.150. The van der Waals surface area contributed by atoms with Crippen molar-refractivity contribution in [3.63, 3.8) is 0 Å². The Morgan fingerprint density at radius 1 is 1.00 bits per heavy atom. The molecule has 0 N–H and O–H groups in total. The van der Waals surface area contributed by atoms with Crippen molar-refractivity contribution in [1.29, 1.82) is 0 Å². The summed E-state index contributed by atoms with van der Waals surface area (Å²) in [5, 5.41) is 8.17. The van der Waals surface area contributed by atoms with Crippen molar-refractivity contribution < 1.29 is 22.7 Å². The first-order valence-corrected chi connectivity index (χ1v) is 13.6. The zero-order valence-corrected chi connectivity index (χ0v) is 22.7. The minimum Gasteiger partial charge on any atom is -0.406 e. The Morgan fingerprint density at radius 2 is 1.76 bits per heavy atom. The molecule has 41 heavy (non-hydrogen) atoms. The van der Waals surface area contributed by atoms with Crippen LogP contribution in [0.5, 0.6) is 5.75 Å². The number of amidine groups is 1. The minimum atomic E-state index is -4.75. The highest BCUT2D eigenvalue weighted by molar-refractivity contribution is 8.15. The van der Waals surface area contributed by atoms with Gasteiger partial charge in [0, 0.05) is 11.1 Å². The van der Waals surface area contributed by atoms with Gasteiger partial charge in [-0.1, -0.05) is 48.2 Å². The van der Waals surface area contributed by atoms with Gasteiger partial charge in [-0.3, -0.25) is 9.36 Å². The van der Waals surface area contributed by atoms with Crippen LogP contribution >= 0.6 is 11.8 Å². The van der Waals surface area contributed by atoms with Crippen molar-refractivity contribution in [3.05, 3.63) is 95.8 Å². The first-order valence-electron chi connectivity index (χ1n) is 12.6. The number of aliphatic imine (C=N–C) groups is 1. The number of ether oxygens (including phenoxy) is 1. The second-order valence-corrected chi connectivity index (χ2v) is 10.4. The Morgan fingerprint density at radius 3 is 2.49 bits per heavy atom. The summed E-state index contributed by atoms with van der Waals surface area (Å²) in [6.45, 7) is 3.97. The van der Waals surface area contributed by atoms with E-state index in [1.807, 2.05) is 62.4 Å². The molecule has 1 aliphatic rings. The summed E-state index contributed by atoms with van der Waals surface area (Å²) >= 11 is 1.36. The first-order chi connectivity index (χ1) is 19.7. The van der Waals surface area contributed by atoms with Crippen LogP contribution in [0.4, 0.5) is 18.9 Å². The van der Waals surface area contributed by atoms with E-state index < -0.39 is 6.36 Å². The van der Waals surface area contributed by atoms with Gasteiger partial charge in [0.2, 0.25) is 0 Å². The number of imidazole rings is 1. The van der Waals surface area contributed by atoms with E-state index in [1.165, 1.54) is 28.9 Å². The molecule has 1 aliphatic heterocycles. The van der Waals surface area contributed by atoms with Crippen LogP contribution in [0.25, 0.3) is 27.5 Å². The van der Waals surface area contributed by atoms with Crippen molar-refractivity contribution >= 4 is 56.5 Å². The standard InChI is InChI=1S/C30H22F3N5O2S/c1-18-4-3-5-19(2)27(18)36-29-38(26(39)16-41-29)35-15-20-6-12-24-21(14-20)7-13-25-28(24)34-17-37(25)22-8-10-23(11-9-22)40-30(31,32)33/h3-15,17H,16H2,1-2H3/b35-15-,36-29?. The van der Waals surface area contributed by atoms with Crippen molar-refractivity contribution in [3.8, 4) is 11.4 Å². The van der Waals surface area contributed by atoms with Crippen molar-refractivity contribution in [1.82, 2.24) is 14.6 Å². The Bertz CT molecular complexity index is 1840. The third kappa shape index (κ3) is 5.40. The number of alkyl halides is 3. The molecule has 0 atom stereocenters. The Labute approximate surface area is 237 Å². The van der Waals surface area contributed by atoms with E-state index in [0.29, 0.717) is 10.9 Å². The second-order valence-electron chi connectivity index (χ2n) is 9.44. The minimum absolute atomic E-state index is 0.137. The molecule has 0 spiro atoms. The van der Waals surface area contributed by atoms with Gasteiger partial charge >= 0.3 is 6.36 Å². The fourth-order valence-electron chi connectivity index (χ4n) is 4.67. The van der Waals surface area contributed by atoms with Gasteiger partial charge in [0.25, 0.3) is 5.91 Å². The third-order valence-electron chi connectivity index (χ3n) is 6.62. The maximum Gasteiger partial charge on any atom is 0.573 e. The number of carbonyl (C=O) groups is 1. The number of hydrogen-bond acceptors (Lipinski definition) is 6. The smallest absolute Gasteiger partial charge is 0.406 e. The highest BCUT2D eigenvalue weighted by atomic mass is 32.2. The number of halogens is 3. The van der Waals surface area contributed by atoms with E-state index in [-0.39, 0.29) is 17.4 Å². The van der Waals surface area contributed by atoms with Crippen LogP contribution in [0.1, 0.15) is 16.7 Å². The zero-order chi connectivity index (χ0) is 28.7. The molecule has 206 valence electrons. The van der Waals surface area contributed by atoms with Gasteiger partial charge in [-0.05, 0) is 72.3 Å². The SMILES string of the molecule is Cc1cccc(C)c1N=C1SCC(=O)N1/N=C\c1ccc2c(ccc3c2ncn3-c2ccc(OC(F)(F)F)cc2)c1. The second kappa shape index (κ2) is 10.4. The summed E-state index contributed by atoms with van der Waals surface area (Å²) in [6.07, 6.45) is -1.48. The molecule has 0 bridgehead atoms. The number of aromatic nitrogens is 2. The number of para-hydroxylation sites is 1. The quantitative estimate of drug-likeness (QED) is 0.207. The predicted molar refractivity (Wildman–Crippen MR) is 155 cm³/mol. The van der Waals surface area contributed by atoms with E-state index in [9.17, 15) is 18.0 Å². The Balaban J connectivity index is 1.27. The molecule has 1 amide bonds. The fourth-order valence-corrected chi connectivity index (χ4v) is 5.48. The van der Waals surface area contributed by atoms with Crippen LogP contribution in [-0.2, 0) is 4.79 Å². The normalized spacial score (nSPS) is 15.2. The molecule has 0 radical (unpaired) electrons. The lowest BCUT2D eigenvalue weighted by atomic mass is 10.1. The van der Waals surface area contributed by atoms with Crippen LogP contribution in [0.3, 0.4) is 0 Å². The van der Waals surface area contributed by atoms with Gasteiger partial charge in [-0.15, -0.1) is 13.2 Å². The molecule has 7 nitrogen and oxygen atoms in total. The molecule has 2 heterocycles. The van der Waals surface area contributed by atoms with Gasteiger partial charge < -0.3 is 4.74 Å². The number of aryl methyl sites for hydroxylation is 2. The molecule has 4 aromatic carbocycles. The van der Waals surface area contributed by atoms with Crippen LogP contribution in [0.2, 0.25) is 0 Å². The van der Waals surface area contributed by atoms with Gasteiger partial charge in [-0.2, -0.15) is 10.1 Å². The lowest BCUT2D eigenvalue weighted by Gasteiger charge is -2.11. The number of nitrogens with zero attached hydrogens (tertiary/aromatic N) is 5. The number of benzene rings is 4. The van der Waals surface area contributed by atoms with E-state index in [2.05, 4.69) is 14.8 Å². The number of amides is 1. The molecule has 0 unspecified atom stereocenters. The Kier molecular flexibility index (Phi) is 6.74. The highest BCUT2D eigenvalue weighted by Gasteiger charge is 2.31. The maximum absolute atomic E-state index is 12.6. The number of hydrogen-bond donors (Lipinski definition) is 0. The summed E-state index contributed by atoms with van der Waals surface area (Å²) in [5.41, 5.74) is 5.88. The molecule has 0 aliphatic carbocycles. The van der Waals surface area contributed by atoms with E-state index in [4.69, 9.17) is 4.99 Å². The molecule has 6 rings (SSSR count). The molecule has 5 aromatic rings. The number of fused-ring (bicyclic) bond motifs is 3. The third-order valence-corrected chi connectivity index (χ3v) is 7.53. The molecule has 1 aromatic heterocycles. The van der Waals surface area contributed by atoms with Gasteiger partial charge in [-0.25, -0.2) is 9.98 Å². The van der Waals surface area contributed by atoms with E-state index in [0.717, 1.165) is 44.2 Å². The van der Waals surface area contributed by atoms with Crippen LogP contribution < -0.4 is 4.74 Å². The topological polar surface area (TPSA) is 72.1 Å². The van der Waals surface area contributed by atoms with Crippen molar-refractivity contribution in [2.75, 3.05) is 5.75 Å². The average Bonchev–Trinajstić information content (AvgIpc) is 3.52. The molecule has 11 heteroatoms. The van der Waals surface area contributed by atoms with E-state index in [1.54, 1.807) is 29.2 Å². The van der Waals surface area contributed by atoms with Crippen molar-refractivity contribution in [2.24, 2.45) is 10.1 Å². The number of carbonyl (C=O) groups excluding carboxylic acids is 1. The highest BCUT2D eigenvalue weighted by Crippen LogP contribution is 2.30. The summed E-state index contributed by atoms with van der Waals surface area (Å²) in [6, 6.07) is 21.2. The Hall–Kier alpha value is -4.64. The number of thioether (sulfide) groups is 1. The van der Waals surface area contributed by atoms with Gasteiger partial charge in [0.15, 0.2) is 5.17 Å². The van der Waals surface area contributed by atoms with Crippen molar-refractivity contribution in [2.45, 2.75) is 20.2 Å². The number of hydrazone groups is 1. The lowest BCUT2D eigenvalue weighted by molar-refractivity contribution is -0.274. The predicted octanol–water partition coefficient (Wildman–Crippen LogP) is 7.29. The first kappa shape index (κ1) is 26.6. The average molecular weight is 574 g/mol. The zero-order valence-electron chi connectivity index (χ0n) is 21.9. The molecular weight excluding hydrogens is 551 g/mol. The largest absolute Gasteiger partial charge is 0.573 e. The molecule has 1 fully saturated rings. The maximum atomic E-state index is 12.6. The summed E-state index contributed by atoms with van der Waals surface area (Å²) < 4.78 is 43.3. The van der Waals surface area contributed by atoms with Gasteiger partial charge in [0.1, 0.15) is 12.1 Å². The summed E-state index contributed by atoms with van der Waals surface area (Å²) in [7, 11) is 0. The van der Waals surface area contributed by atoms with Crippen LogP contribution in [0, 0.1) is 13.8 Å². The fraction of sp³-hybridized carbons (Fsp3) is 0.133. The monoisotopic (exact) mass is 573 g/mol. The van der Waals surface area contributed by atoms with E-state index >= 15 is 0 Å². The van der Waals surface area contributed by atoms with Crippen LogP contribution in [-0.4, -0.2) is 44.0 Å². The molecule has 0 saturated carbocycles. The molecular formula is C30H22F3N5O2S. The lowest BCUT2D eigenvalue weighted by Crippen LogP contribution is -2.23. The molecule has 1 saturated heterocycles. The van der Waals surface area contributed by atoms with Gasteiger partial charge in [0.05, 0.1) is 28.7 Å². The number of rotatable bonds is 5.